The zero-order valence-corrected chi connectivity index (χ0v) is 30.7. The predicted molar refractivity (Wildman–Crippen MR) is 230 cm³/mol. The Morgan fingerprint density at radius 2 is 0.875 bits per heavy atom. The molecule has 56 heavy (non-hydrogen) atoms. The van der Waals surface area contributed by atoms with E-state index in [4.69, 9.17) is 24.9 Å². The largest absolute Gasteiger partial charge is 0.309 e. The standard InChI is InChI=1S/C49H30N6S/c1-4-14-31(15-5-1)32-24-26-34(27-25-32)47-52-46(33-16-6-2-7-17-33)53-49(54-47)44-45-43(38-21-11-13-23-42(38)56-45)50-48(51-44)35-28-29-41-39(30-35)37-20-10-12-22-40(37)55(41)36-18-8-3-9-19-36/h1-30H. The molecule has 0 aliphatic heterocycles. The van der Waals surface area contributed by atoms with Crippen molar-refractivity contribution in [3.63, 3.8) is 0 Å². The number of para-hydroxylation sites is 2. The van der Waals surface area contributed by atoms with Gasteiger partial charge in [-0.15, -0.1) is 11.3 Å². The minimum absolute atomic E-state index is 0.503. The van der Waals surface area contributed by atoms with Crippen molar-refractivity contribution < 1.29 is 0 Å². The van der Waals surface area contributed by atoms with Crippen molar-refractivity contribution >= 4 is 53.4 Å². The number of aromatic nitrogens is 6. The number of fused-ring (bicyclic) bond motifs is 6. The van der Waals surface area contributed by atoms with Crippen molar-refractivity contribution in [3.8, 4) is 62.5 Å². The molecule has 0 saturated carbocycles. The number of rotatable bonds is 6. The third kappa shape index (κ3) is 5.44. The highest BCUT2D eigenvalue weighted by Gasteiger charge is 2.22. The average Bonchev–Trinajstić information content (AvgIpc) is 3.82. The number of hydrogen-bond acceptors (Lipinski definition) is 6. The number of benzene rings is 7. The van der Waals surface area contributed by atoms with E-state index < -0.39 is 0 Å². The highest BCUT2D eigenvalue weighted by atomic mass is 32.1. The van der Waals surface area contributed by atoms with Gasteiger partial charge in [0.1, 0.15) is 5.69 Å². The lowest BCUT2D eigenvalue weighted by molar-refractivity contribution is 1.06. The summed E-state index contributed by atoms with van der Waals surface area (Å²) in [5, 5.41) is 3.38. The van der Waals surface area contributed by atoms with Crippen LogP contribution in [0, 0.1) is 0 Å². The van der Waals surface area contributed by atoms with Crippen LogP contribution in [0.1, 0.15) is 0 Å². The van der Waals surface area contributed by atoms with Crippen LogP contribution in [0.3, 0.4) is 0 Å². The van der Waals surface area contributed by atoms with E-state index in [-0.39, 0.29) is 0 Å². The Hall–Kier alpha value is -7.35. The first kappa shape index (κ1) is 32.1. The van der Waals surface area contributed by atoms with Crippen LogP contribution in [0.5, 0.6) is 0 Å². The van der Waals surface area contributed by atoms with E-state index in [0.717, 1.165) is 70.2 Å². The first-order valence-electron chi connectivity index (χ1n) is 18.5. The van der Waals surface area contributed by atoms with Crippen LogP contribution >= 0.6 is 11.3 Å². The SMILES string of the molecule is c1ccc(-c2ccc(-c3nc(-c4ccccc4)nc(-c4nc(-c5ccc6c(c5)c5ccccc5n6-c5ccccc5)nc5c4sc4ccccc45)n3)cc2)cc1. The van der Waals surface area contributed by atoms with Gasteiger partial charge in [0.25, 0.3) is 0 Å². The second kappa shape index (κ2) is 13.2. The first-order valence-corrected chi connectivity index (χ1v) is 19.3. The zero-order valence-electron chi connectivity index (χ0n) is 29.9. The summed E-state index contributed by atoms with van der Waals surface area (Å²) in [6.45, 7) is 0. The Morgan fingerprint density at radius 3 is 1.62 bits per heavy atom. The molecule has 7 heteroatoms. The third-order valence-corrected chi connectivity index (χ3v) is 11.5. The maximum atomic E-state index is 5.35. The summed E-state index contributed by atoms with van der Waals surface area (Å²) in [5.41, 5.74) is 9.95. The quantitative estimate of drug-likeness (QED) is 0.170. The Bertz CT molecular complexity index is 3230. The molecule has 0 spiro atoms. The van der Waals surface area contributed by atoms with Gasteiger partial charge in [0.2, 0.25) is 0 Å². The van der Waals surface area contributed by atoms with Gasteiger partial charge in [-0.05, 0) is 53.6 Å². The molecule has 4 aromatic heterocycles. The van der Waals surface area contributed by atoms with Gasteiger partial charge in [0, 0.05) is 43.2 Å². The molecule has 11 aromatic rings. The van der Waals surface area contributed by atoms with Gasteiger partial charge in [0.15, 0.2) is 23.3 Å². The van der Waals surface area contributed by atoms with Crippen molar-refractivity contribution in [2.24, 2.45) is 0 Å². The Labute approximate surface area is 326 Å². The Balaban J connectivity index is 1.13. The van der Waals surface area contributed by atoms with Gasteiger partial charge < -0.3 is 4.57 Å². The van der Waals surface area contributed by atoms with Crippen molar-refractivity contribution in [1.82, 2.24) is 29.5 Å². The topological polar surface area (TPSA) is 69.4 Å². The summed E-state index contributed by atoms with van der Waals surface area (Å²) in [7, 11) is 0. The summed E-state index contributed by atoms with van der Waals surface area (Å²) in [6.07, 6.45) is 0. The minimum atomic E-state index is 0.503. The van der Waals surface area contributed by atoms with Gasteiger partial charge in [-0.1, -0.05) is 140 Å². The number of nitrogens with zero attached hydrogens (tertiary/aromatic N) is 6. The lowest BCUT2D eigenvalue weighted by atomic mass is 10.0. The Morgan fingerprint density at radius 1 is 0.357 bits per heavy atom. The lowest BCUT2D eigenvalue weighted by Gasteiger charge is -2.11. The van der Waals surface area contributed by atoms with Crippen LogP contribution in [0.2, 0.25) is 0 Å². The number of thiophene rings is 1. The van der Waals surface area contributed by atoms with E-state index in [0.29, 0.717) is 29.0 Å². The average molecular weight is 735 g/mol. The maximum absolute atomic E-state index is 5.35. The van der Waals surface area contributed by atoms with Gasteiger partial charge in [-0.2, -0.15) is 0 Å². The normalized spacial score (nSPS) is 11.6. The molecule has 0 unspecified atom stereocenters. The van der Waals surface area contributed by atoms with Crippen LogP contribution in [0.25, 0.3) is 105 Å². The van der Waals surface area contributed by atoms with Gasteiger partial charge in [-0.25, -0.2) is 24.9 Å². The third-order valence-electron chi connectivity index (χ3n) is 10.3. The van der Waals surface area contributed by atoms with Gasteiger partial charge in [0.05, 0.1) is 21.3 Å². The molecule has 0 saturated heterocycles. The molecule has 0 aliphatic rings. The monoisotopic (exact) mass is 734 g/mol. The predicted octanol–water partition coefficient (Wildman–Crippen LogP) is 12.5. The smallest absolute Gasteiger partial charge is 0.184 e. The fourth-order valence-corrected chi connectivity index (χ4v) is 8.74. The molecular formula is C49H30N6S. The van der Waals surface area contributed by atoms with Crippen molar-refractivity contribution in [3.05, 3.63) is 182 Å². The molecular weight excluding hydrogens is 705 g/mol. The first-order chi connectivity index (χ1) is 27.7. The summed E-state index contributed by atoms with van der Waals surface area (Å²) < 4.78 is 4.39. The Kier molecular flexibility index (Phi) is 7.57. The highest BCUT2D eigenvalue weighted by molar-refractivity contribution is 7.26. The molecule has 262 valence electrons. The van der Waals surface area contributed by atoms with E-state index >= 15 is 0 Å². The highest BCUT2D eigenvalue weighted by Crippen LogP contribution is 2.40. The molecule has 4 heterocycles. The van der Waals surface area contributed by atoms with E-state index in [9.17, 15) is 0 Å². The van der Waals surface area contributed by atoms with Crippen LogP contribution in [0.4, 0.5) is 0 Å². The molecule has 0 N–H and O–H groups in total. The fourth-order valence-electron chi connectivity index (χ4n) is 7.61. The molecule has 0 aliphatic carbocycles. The molecule has 0 atom stereocenters. The molecule has 6 nitrogen and oxygen atoms in total. The number of hydrogen-bond donors (Lipinski definition) is 0. The molecule has 0 radical (unpaired) electrons. The second-order valence-corrected chi connectivity index (χ2v) is 14.8. The molecule has 11 rings (SSSR count). The zero-order chi connectivity index (χ0) is 37.0. The van der Waals surface area contributed by atoms with Crippen LogP contribution < -0.4 is 0 Å². The summed E-state index contributed by atoms with van der Waals surface area (Å²) in [4.78, 5) is 26.0. The van der Waals surface area contributed by atoms with Crippen molar-refractivity contribution in [1.29, 1.82) is 0 Å². The van der Waals surface area contributed by atoms with Crippen LogP contribution in [0.15, 0.2) is 182 Å². The van der Waals surface area contributed by atoms with E-state index in [2.05, 4.69) is 150 Å². The van der Waals surface area contributed by atoms with Gasteiger partial charge in [-0.3, -0.25) is 0 Å². The van der Waals surface area contributed by atoms with Crippen LogP contribution in [-0.2, 0) is 0 Å². The van der Waals surface area contributed by atoms with Crippen LogP contribution in [-0.4, -0.2) is 29.5 Å². The van der Waals surface area contributed by atoms with E-state index in [1.54, 1.807) is 11.3 Å². The van der Waals surface area contributed by atoms with E-state index in [1.165, 1.54) is 5.39 Å². The van der Waals surface area contributed by atoms with E-state index in [1.807, 2.05) is 36.4 Å². The lowest BCUT2D eigenvalue weighted by Crippen LogP contribution is -2.02. The molecule has 0 fully saturated rings. The molecule has 7 aromatic carbocycles. The molecule has 0 bridgehead atoms. The fraction of sp³-hybridized carbons (Fsp3) is 0. The summed E-state index contributed by atoms with van der Waals surface area (Å²) in [6, 6.07) is 62.8. The minimum Gasteiger partial charge on any atom is -0.309 e. The summed E-state index contributed by atoms with van der Waals surface area (Å²) >= 11 is 1.67. The van der Waals surface area contributed by atoms with Gasteiger partial charge >= 0.3 is 0 Å². The summed E-state index contributed by atoms with van der Waals surface area (Å²) in [5.74, 6) is 2.29. The maximum Gasteiger partial charge on any atom is 0.184 e. The van der Waals surface area contributed by atoms with Crippen molar-refractivity contribution in [2.75, 3.05) is 0 Å². The van der Waals surface area contributed by atoms with Crippen molar-refractivity contribution in [2.45, 2.75) is 0 Å². The second-order valence-electron chi connectivity index (χ2n) is 13.7. The molecule has 0 amide bonds.